The summed E-state index contributed by atoms with van der Waals surface area (Å²) < 4.78 is 13.1. The van der Waals surface area contributed by atoms with Gasteiger partial charge in [0.15, 0.2) is 0 Å². The van der Waals surface area contributed by atoms with E-state index in [0.717, 1.165) is 27.7 Å². The van der Waals surface area contributed by atoms with Crippen LogP contribution in [0.1, 0.15) is 10.6 Å². The van der Waals surface area contributed by atoms with E-state index in [1.54, 1.807) is 18.3 Å². The van der Waals surface area contributed by atoms with Crippen molar-refractivity contribution >= 4 is 33.9 Å². The number of aromatic nitrogens is 2. The Morgan fingerprint density at radius 3 is 2.69 bits per heavy atom. The lowest BCUT2D eigenvalue weighted by molar-refractivity contribution is 0.628. The number of pyridine rings is 1. The van der Waals surface area contributed by atoms with E-state index in [2.05, 4.69) is 16.0 Å². The monoisotopic (exact) mass is 357 g/mol. The Morgan fingerprint density at radius 2 is 1.88 bits per heavy atom. The Kier molecular flexibility index (Phi) is 4.26. The van der Waals surface area contributed by atoms with Gasteiger partial charge in [-0.25, -0.2) is 9.37 Å². The Morgan fingerprint density at radius 1 is 1.08 bits per heavy atom. The Hall–Kier alpha value is -3.36. The number of allylic oxidation sites excluding steroid dienone is 1. The lowest BCUT2D eigenvalue weighted by Gasteiger charge is -2.01. The smallest absolute Gasteiger partial charge is 0.134 e. The van der Waals surface area contributed by atoms with Gasteiger partial charge in [0.05, 0.1) is 16.8 Å². The second-order valence-corrected chi connectivity index (χ2v) is 6.49. The predicted molar refractivity (Wildman–Crippen MR) is 103 cm³/mol. The molecule has 124 valence electrons. The fourth-order valence-corrected chi connectivity index (χ4v) is 3.49. The lowest BCUT2D eigenvalue weighted by Crippen LogP contribution is -1.85. The fraction of sp³-hybridized carbons (Fsp3) is 0. The molecule has 0 spiro atoms. The van der Waals surface area contributed by atoms with Gasteiger partial charge >= 0.3 is 0 Å². The number of fused-ring (bicyclic) bond motifs is 1. The number of hydrogen-bond donors (Lipinski definition) is 0. The number of thiazole rings is 1. The van der Waals surface area contributed by atoms with Crippen molar-refractivity contribution in [2.75, 3.05) is 0 Å². The zero-order chi connectivity index (χ0) is 17.9. The molecular formula is C21H12FN3S. The normalized spacial score (nSPS) is 11.5. The average Bonchev–Trinajstić information content (AvgIpc) is 3.16. The molecule has 0 bridgehead atoms. The Bertz CT molecular complexity index is 1150. The summed E-state index contributed by atoms with van der Waals surface area (Å²) in [7, 11) is 0. The molecular weight excluding hydrogens is 345 g/mol. The molecule has 0 fully saturated rings. The second-order valence-electron chi connectivity index (χ2n) is 5.63. The highest BCUT2D eigenvalue weighted by Gasteiger charge is 2.10. The van der Waals surface area contributed by atoms with Crippen molar-refractivity contribution in [2.45, 2.75) is 0 Å². The van der Waals surface area contributed by atoms with Crippen LogP contribution in [-0.2, 0) is 0 Å². The summed E-state index contributed by atoms with van der Waals surface area (Å²) in [6.45, 7) is 0. The number of halogens is 1. The van der Waals surface area contributed by atoms with Crippen molar-refractivity contribution in [3.63, 3.8) is 0 Å². The molecule has 5 heteroatoms. The first-order valence-corrected chi connectivity index (χ1v) is 8.80. The van der Waals surface area contributed by atoms with Crippen molar-refractivity contribution in [2.24, 2.45) is 0 Å². The lowest BCUT2D eigenvalue weighted by atomic mass is 10.1. The van der Waals surface area contributed by atoms with Crippen LogP contribution in [0.2, 0.25) is 0 Å². The van der Waals surface area contributed by atoms with E-state index in [4.69, 9.17) is 0 Å². The van der Waals surface area contributed by atoms with Gasteiger partial charge in [0.1, 0.15) is 16.9 Å². The molecule has 0 aliphatic carbocycles. The number of para-hydroxylation sites is 1. The minimum Gasteiger partial charge on any atom is -0.256 e. The van der Waals surface area contributed by atoms with E-state index in [9.17, 15) is 9.65 Å². The summed E-state index contributed by atoms with van der Waals surface area (Å²) in [6, 6.07) is 18.1. The molecule has 0 amide bonds. The maximum Gasteiger partial charge on any atom is 0.134 e. The molecule has 2 heterocycles. The third-order valence-corrected chi connectivity index (χ3v) is 4.85. The van der Waals surface area contributed by atoms with Gasteiger partial charge in [0.2, 0.25) is 0 Å². The van der Waals surface area contributed by atoms with Crippen LogP contribution >= 0.6 is 11.3 Å². The van der Waals surface area contributed by atoms with Crippen LogP contribution in [0.4, 0.5) is 4.39 Å². The largest absolute Gasteiger partial charge is 0.256 e. The molecule has 4 rings (SSSR count). The van der Waals surface area contributed by atoms with Crippen molar-refractivity contribution in [1.82, 2.24) is 9.97 Å². The van der Waals surface area contributed by atoms with Crippen LogP contribution in [0.15, 0.2) is 66.2 Å². The van der Waals surface area contributed by atoms with Gasteiger partial charge in [0.25, 0.3) is 0 Å². The number of hydrogen-bond acceptors (Lipinski definition) is 4. The first kappa shape index (κ1) is 16.1. The SMILES string of the molecule is N#C/C(=C\c1ccnc2ccccc12)c1nc(-c2ccc(F)cc2)cs1. The number of nitrogens with zero attached hydrogens (tertiary/aromatic N) is 3. The summed E-state index contributed by atoms with van der Waals surface area (Å²) in [5.41, 5.74) is 3.83. The molecule has 0 unspecified atom stereocenters. The number of nitriles is 1. The summed E-state index contributed by atoms with van der Waals surface area (Å²) in [5, 5.41) is 13.1. The maximum absolute atomic E-state index is 13.1. The molecule has 4 aromatic rings. The zero-order valence-electron chi connectivity index (χ0n) is 13.6. The van der Waals surface area contributed by atoms with E-state index in [0.29, 0.717) is 10.6 Å². The molecule has 0 N–H and O–H groups in total. The predicted octanol–water partition coefficient (Wildman–Crippen LogP) is 5.56. The molecule has 26 heavy (non-hydrogen) atoms. The van der Waals surface area contributed by atoms with Crippen LogP contribution in [0.5, 0.6) is 0 Å². The van der Waals surface area contributed by atoms with Gasteiger partial charge in [-0.15, -0.1) is 11.3 Å². The van der Waals surface area contributed by atoms with Crippen LogP contribution in [0.25, 0.3) is 33.8 Å². The molecule has 0 aliphatic heterocycles. The van der Waals surface area contributed by atoms with Gasteiger partial charge in [0, 0.05) is 22.5 Å². The van der Waals surface area contributed by atoms with Gasteiger partial charge in [-0.05, 0) is 48.0 Å². The summed E-state index contributed by atoms with van der Waals surface area (Å²) >= 11 is 1.39. The second kappa shape index (κ2) is 6.87. The van der Waals surface area contributed by atoms with E-state index in [1.165, 1.54) is 23.5 Å². The van der Waals surface area contributed by atoms with Crippen molar-refractivity contribution in [3.8, 4) is 17.3 Å². The van der Waals surface area contributed by atoms with E-state index >= 15 is 0 Å². The molecule has 0 atom stereocenters. The van der Waals surface area contributed by atoms with Gasteiger partial charge in [-0.2, -0.15) is 5.26 Å². The van der Waals surface area contributed by atoms with Crippen molar-refractivity contribution < 1.29 is 4.39 Å². The van der Waals surface area contributed by atoms with E-state index < -0.39 is 0 Å². The minimum atomic E-state index is -0.286. The Balaban J connectivity index is 1.75. The first-order valence-electron chi connectivity index (χ1n) is 7.92. The Labute approximate surface area is 153 Å². The summed E-state index contributed by atoms with van der Waals surface area (Å²) in [5.74, 6) is -0.286. The molecule has 2 aromatic heterocycles. The van der Waals surface area contributed by atoms with Crippen molar-refractivity contribution in [1.29, 1.82) is 5.26 Å². The van der Waals surface area contributed by atoms with Gasteiger partial charge in [-0.1, -0.05) is 18.2 Å². The zero-order valence-corrected chi connectivity index (χ0v) is 14.4. The van der Waals surface area contributed by atoms with Gasteiger partial charge < -0.3 is 0 Å². The topological polar surface area (TPSA) is 49.6 Å². The molecule has 0 saturated heterocycles. The summed E-state index contributed by atoms with van der Waals surface area (Å²) in [6.07, 6.45) is 3.56. The summed E-state index contributed by atoms with van der Waals surface area (Å²) in [4.78, 5) is 8.89. The first-order chi connectivity index (χ1) is 12.7. The van der Waals surface area contributed by atoms with Crippen LogP contribution < -0.4 is 0 Å². The highest BCUT2D eigenvalue weighted by Crippen LogP contribution is 2.28. The fourth-order valence-electron chi connectivity index (χ4n) is 2.69. The van der Waals surface area contributed by atoms with Crippen LogP contribution in [0, 0.1) is 17.1 Å². The molecule has 0 saturated carbocycles. The maximum atomic E-state index is 13.1. The number of benzene rings is 2. The highest BCUT2D eigenvalue weighted by molar-refractivity contribution is 7.11. The van der Waals surface area contributed by atoms with E-state index in [1.807, 2.05) is 41.8 Å². The third kappa shape index (κ3) is 3.10. The molecule has 3 nitrogen and oxygen atoms in total. The number of rotatable bonds is 3. The highest BCUT2D eigenvalue weighted by atomic mass is 32.1. The van der Waals surface area contributed by atoms with Crippen LogP contribution in [-0.4, -0.2) is 9.97 Å². The molecule has 0 radical (unpaired) electrons. The van der Waals surface area contributed by atoms with Crippen LogP contribution in [0.3, 0.4) is 0 Å². The van der Waals surface area contributed by atoms with Crippen molar-refractivity contribution in [3.05, 3.63) is 82.6 Å². The quantitative estimate of drug-likeness (QED) is 0.451. The standard InChI is InChI=1S/C21H12FN3S/c22-17-7-5-14(6-8-17)20-13-26-21(25-20)16(12-23)11-15-9-10-24-19-4-2-1-3-18(15)19/h1-11,13H/b16-11+. The minimum absolute atomic E-state index is 0.286. The molecule has 2 aromatic carbocycles. The molecule has 0 aliphatic rings. The van der Waals surface area contributed by atoms with Gasteiger partial charge in [-0.3, -0.25) is 4.98 Å². The third-order valence-electron chi connectivity index (χ3n) is 3.98. The van der Waals surface area contributed by atoms with E-state index in [-0.39, 0.29) is 5.82 Å². The average molecular weight is 357 g/mol.